The van der Waals surface area contributed by atoms with Crippen LogP contribution in [0, 0.1) is 17.6 Å². The Morgan fingerprint density at radius 1 is 0.911 bits per heavy atom. The van der Waals surface area contributed by atoms with Gasteiger partial charge in [0, 0.05) is 12.6 Å². The summed E-state index contributed by atoms with van der Waals surface area (Å²) in [5.74, 6) is -2.77. The number of hydrogen-bond donors (Lipinski definition) is 4. The van der Waals surface area contributed by atoms with Crippen molar-refractivity contribution in [3.8, 4) is 0 Å². The average Bonchev–Trinajstić information content (AvgIpc) is 2.97. The molecule has 12 heteroatoms. The molecule has 9 nitrogen and oxygen atoms in total. The molecule has 4 N–H and O–H groups in total. The minimum absolute atomic E-state index is 0.0556. The van der Waals surface area contributed by atoms with Gasteiger partial charge in [-0.3, -0.25) is 4.79 Å². The van der Waals surface area contributed by atoms with Crippen LogP contribution in [-0.4, -0.2) is 67.8 Å². The number of aliphatic hydroxyl groups excluding tert-OH is 1. The molecule has 2 aromatic carbocycles. The van der Waals surface area contributed by atoms with Crippen LogP contribution in [0.1, 0.15) is 70.9 Å². The van der Waals surface area contributed by atoms with Gasteiger partial charge in [0.2, 0.25) is 5.91 Å². The minimum atomic E-state index is -3.86. The van der Waals surface area contributed by atoms with E-state index in [1.165, 1.54) is 0 Å². The summed E-state index contributed by atoms with van der Waals surface area (Å²) in [4.78, 5) is 26.5. The fraction of sp³-hybridized carbons (Fsp3) is 0.576. The van der Waals surface area contributed by atoms with Crippen molar-refractivity contribution < 1.29 is 36.6 Å². The van der Waals surface area contributed by atoms with Crippen molar-refractivity contribution in [3.05, 3.63) is 71.3 Å². The number of benzene rings is 2. The van der Waals surface area contributed by atoms with Gasteiger partial charge in [-0.1, -0.05) is 70.9 Å². The van der Waals surface area contributed by atoms with Crippen molar-refractivity contribution in [2.75, 3.05) is 18.8 Å². The van der Waals surface area contributed by atoms with Crippen molar-refractivity contribution in [2.24, 2.45) is 5.92 Å². The van der Waals surface area contributed by atoms with Gasteiger partial charge in [0.1, 0.15) is 24.3 Å². The fourth-order valence-corrected chi connectivity index (χ4v) is 7.10. The average molecular weight is 654 g/mol. The molecule has 0 bridgehead atoms. The normalized spacial score (nSPS) is 13.8. The van der Waals surface area contributed by atoms with E-state index < -0.39 is 62.7 Å². The first-order valence-electron chi connectivity index (χ1n) is 15.7. The minimum Gasteiger partial charge on any atom is -0.445 e. The lowest BCUT2D eigenvalue weighted by molar-refractivity contribution is -0.124. The molecular formula is C33H49F2N3O6S. The van der Waals surface area contributed by atoms with Crippen molar-refractivity contribution in [1.82, 2.24) is 16.0 Å². The number of ether oxygens (including phenoxy) is 1. The van der Waals surface area contributed by atoms with Crippen LogP contribution in [0.4, 0.5) is 13.6 Å². The summed E-state index contributed by atoms with van der Waals surface area (Å²) >= 11 is 0. The fourth-order valence-electron chi connectivity index (χ4n) is 4.94. The number of amides is 2. The van der Waals surface area contributed by atoms with Gasteiger partial charge in [-0.25, -0.2) is 22.0 Å². The Hall–Kier alpha value is -3.09. The molecule has 2 aromatic rings. The Labute approximate surface area is 266 Å². The van der Waals surface area contributed by atoms with Crippen LogP contribution in [0.25, 0.3) is 0 Å². The molecule has 0 saturated carbocycles. The lowest BCUT2D eigenvalue weighted by Crippen LogP contribution is -2.57. The monoisotopic (exact) mass is 653 g/mol. The summed E-state index contributed by atoms with van der Waals surface area (Å²) in [5, 5.41) is 18.5. The van der Waals surface area contributed by atoms with Crippen LogP contribution < -0.4 is 16.0 Å². The number of hydrogen-bond acceptors (Lipinski definition) is 7. The molecule has 0 aliphatic carbocycles. The maximum Gasteiger partial charge on any atom is 0.408 e. The van der Waals surface area contributed by atoms with Crippen molar-refractivity contribution in [3.63, 3.8) is 0 Å². The summed E-state index contributed by atoms with van der Waals surface area (Å²) < 4.78 is 60.2. The molecular weight excluding hydrogens is 604 g/mol. The highest BCUT2D eigenvalue weighted by Crippen LogP contribution is 2.18. The van der Waals surface area contributed by atoms with E-state index in [2.05, 4.69) is 29.8 Å². The van der Waals surface area contributed by atoms with E-state index in [4.69, 9.17) is 4.74 Å². The molecule has 2 rings (SSSR count). The zero-order valence-corrected chi connectivity index (χ0v) is 27.5. The topological polar surface area (TPSA) is 134 Å². The highest BCUT2D eigenvalue weighted by atomic mass is 32.2. The van der Waals surface area contributed by atoms with Crippen LogP contribution in [0.5, 0.6) is 0 Å². The lowest BCUT2D eigenvalue weighted by Gasteiger charge is -2.28. The third-order valence-corrected chi connectivity index (χ3v) is 9.66. The van der Waals surface area contributed by atoms with Crippen LogP contribution in [0.3, 0.4) is 0 Å². The third kappa shape index (κ3) is 14.3. The molecule has 0 aliphatic rings. The van der Waals surface area contributed by atoms with E-state index in [0.717, 1.165) is 24.6 Å². The second kappa shape index (κ2) is 19.4. The smallest absolute Gasteiger partial charge is 0.408 e. The van der Waals surface area contributed by atoms with Crippen molar-refractivity contribution >= 4 is 21.8 Å². The van der Waals surface area contributed by atoms with Gasteiger partial charge in [0.15, 0.2) is 9.84 Å². The number of sulfone groups is 1. The number of aliphatic hydroxyl groups is 1. The Balaban J connectivity index is 2.32. The number of alkyl carbamates (subject to hydrolysis) is 1. The Morgan fingerprint density at radius 2 is 1.53 bits per heavy atom. The Bertz CT molecular complexity index is 1270. The first-order chi connectivity index (χ1) is 21.3. The quantitative estimate of drug-likeness (QED) is 0.153. The molecule has 45 heavy (non-hydrogen) atoms. The Kier molecular flexibility index (Phi) is 16.4. The van der Waals surface area contributed by atoms with E-state index >= 15 is 0 Å². The second-order valence-electron chi connectivity index (χ2n) is 11.8. The van der Waals surface area contributed by atoms with Gasteiger partial charge in [-0.05, 0) is 61.4 Å². The predicted molar refractivity (Wildman–Crippen MR) is 171 cm³/mol. The Morgan fingerprint density at radius 3 is 2.11 bits per heavy atom. The SMILES string of the molecule is CCCC(CCC)S(=O)(=O)C[C@H](NC(=O)OCc1ccccc1)C(=O)N[C@@H](Cc1cc(F)cc(F)c1)[C@H](O)CNCCC(C)C. The van der Waals surface area contributed by atoms with Gasteiger partial charge in [-0.2, -0.15) is 0 Å². The summed E-state index contributed by atoms with van der Waals surface area (Å²) in [6.45, 7) is 8.40. The van der Waals surface area contributed by atoms with Crippen LogP contribution in [0.15, 0.2) is 48.5 Å². The summed E-state index contributed by atoms with van der Waals surface area (Å²) in [5.41, 5.74) is 0.882. The maximum absolute atomic E-state index is 14.0. The summed E-state index contributed by atoms with van der Waals surface area (Å²) in [6.07, 6.45) is 0.531. The predicted octanol–water partition coefficient (Wildman–Crippen LogP) is 4.67. The number of rotatable bonds is 20. The van der Waals surface area contributed by atoms with Crippen LogP contribution in [-0.2, 0) is 32.4 Å². The molecule has 0 heterocycles. The zero-order valence-electron chi connectivity index (χ0n) is 26.7. The number of nitrogens with one attached hydrogen (secondary N) is 3. The summed E-state index contributed by atoms with van der Waals surface area (Å²) in [7, 11) is -3.86. The number of carbonyl (C=O) groups is 2. The first-order valence-corrected chi connectivity index (χ1v) is 17.4. The standard InChI is InChI=1S/C33H49F2N3O6S/c1-5-10-28(11-6-2)45(42,43)22-30(38-33(41)44-21-24-12-8-7-9-13-24)32(40)37-29(31(39)20-36-15-14-23(3)4)18-25-16-26(34)19-27(35)17-25/h7-9,12-13,16-17,19,23,28-31,36,39H,5-6,10-11,14-15,18,20-22H2,1-4H3,(H,37,40)(H,38,41)/t29-,30-,31+/m0/s1. The lowest BCUT2D eigenvalue weighted by atomic mass is 10.00. The van der Waals surface area contributed by atoms with E-state index in [-0.39, 0.29) is 25.1 Å². The van der Waals surface area contributed by atoms with Crippen molar-refractivity contribution in [1.29, 1.82) is 0 Å². The third-order valence-electron chi connectivity index (χ3n) is 7.37. The first kappa shape index (κ1) is 38.1. The van der Waals surface area contributed by atoms with Gasteiger partial charge in [-0.15, -0.1) is 0 Å². The maximum atomic E-state index is 14.0. The van der Waals surface area contributed by atoms with Gasteiger partial charge < -0.3 is 25.8 Å². The van der Waals surface area contributed by atoms with E-state index in [0.29, 0.717) is 43.7 Å². The molecule has 252 valence electrons. The summed E-state index contributed by atoms with van der Waals surface area (Å²) in [6, 6.07) is 9.14. The van der Waals surface area contributed by atoms with E-state index in [9.17, 15) is 31.9 Å². The molecule has 0 spiro atoms. The van der Waals surface area contributed by atoms with Crippen molar-refractivity contribution in [2.45, 2.75) is 96.3 Å². The largest absolute Gasteiger partial charge is 0.445 e. The van der Waals surface area contributed by atoms with Crippen LogP contribution in [0.2, 0.25) is 0 Å². The zero-order chi connectivity index (χ0) is 33.4. The molecule has 0 radical (unpaired) electrons. The number of carbonyl (C=O) groups excluding carboxylic acids is 2. The molecule has 2 amide bonds. The molecule has 3 atom stereocenters. The van der Waals surface area contributed by atoms with E-state index in [1.54, 1.807) is 30.3 Å². The highest BCUT2D eigenvalue weighted by molar-refractivity contribution is 7.92. The van der Waals surface area contributed by atoms with Gasteiger partial charge >= 0.3 is 6.09 Å². The molecule has 0 unspecified atom stereocenters. The van der Waals surface area contributed by atoms with Gasteiger partial charge in [0.25, 0.3) is 0 Å². The number of halogens is 2. The van der Waals surface area contributed by atoms with Gasteiger partial charge in [0.05, 0.1) is 23.1 Å². The molecule has 0 aromatic heterocycles. The second-order valence-corrected chi connectivity index (χ2v) is 14.2. The highest BCUT2D eigenvalue weighted by Gasteiger charge is 2.34. The molecule has 0 aliphatic heterocycles. The van der Waals surface area contributed by atoms with E-state index in [1.807, 2.05) is 13.8 Å². The molecule has 0 fully saturated rings. The molecule has 0 saturated heterocycles. The van der Waals surface area contributed by atoms with Crippen LogP contribution >= 0.6 is 0 Å².